The van der Waals surface area contributed by atoms with E-state index in [-0.39, 0.29) is 18.4 Å². The van der Waals surface area contributed by atoms with Gasteiger partial charge in [0.15, 0.2) is 6.61 Å². The zero-order valence-corrected chi connectivity index (χ0v) is 18.1. The lowest BCUT2D eigenvalue weighted by Crippen LogP contribution is -2.30. The second kappa shape index (κ2) is 9.61. The van der Waals surface area contributed by atoms with Crippen molar-refractivity contribution in [3.05, 3.63) is 70.0 Å². The third-order valence-electron chi connectivity index (χ3n) is 5.00. The fraction of sp³-hybridized carbons (Fsp3) is 0.261. The van der Waals surface area contributed by atoms with Crippen LogP contribution in [0.1, 0.15) is 27.7 Å². The van der Waals surface area contributed by atoms with E-state index in [1.807, 2.05) is 30.4 Å². The summed E-state index contributed by atoms with van der Waals surface area (Å²) in [6.45, 7) is 4.17. The number of hydrogen-bond acceptors (Lipinski definition) is 6. The number of pyridine rings is 1. The van der Waals surface area contributed by atoms with Crippen molar-refractivity contribution in [2.75, 3.05) is 29.9 Å². The molecule has 0 bridgehead atoms. The molecule has 4 rings (SSSR count). The first-order valence-electron chi connectivity index (χ1n) is 10.2. The van der Waals surface area contributed by atoms with Gasteiger partial charge in [0.2, 0.25) is 0 Å². The smallest absolute Gasteiger partial charge is 0.257 e. The van der Waals surface area contributed by atoms with Gasteiger partial charge in [0.05, 0.1) is 11.9 Å². The van der Waals surface area contributed by atoms with E-state index in [2.05, 4.69) is 32.0 Å². The van der Waals surface area contributed by atoms with Crippen LogP contribution in [0.15, 0.2) is 54.0 Å². The number of ether oxygens (including phenoxy) is 1. The van der Waals surface area contributed by atoms with E-state index in [1.54, 1.807) is 30.5 Å². The molecule has 0 unspecified atom stereocenters. The molecule has 31 heavy (non-hydrogen) atoms. The molecule has 2 aromatic heterocycles. The van der Waals surface area contributed by atoms with Gasteiger partial charge in [0, 0.05) is 30.1 Å². The number of carbonyl (C=O) groups excluding carboxylic acids is 2. The normalized spacial score (nSPS) is 12.7. The molecule has 1 aromatic carbocycles. The van der Waals surface area contributed by atoms with Crippen molar-refractivity contribution in [3.63, 3.8) is 0 Å². The molecule has 0 saturated carbocycles. The summed E-state index contributed by atoms with van der Waals surface area (Å²) < 4.78 is 5.40. The van der Waals surface area contributed by atoms with E-state index in [4.69, 9.17) is 4.74 Å². The van der Waals surface area contributed by atoms with E-state index < -0.39 is 0 Å². The van der Waals surface area contributed by atoms with Crippen molar-refractivity contribution in [1.82, 2.24) is 10.3 Å². The SMILES string of the molecule is CCNC(=O)COc1ccc(C(=O)Nc2ccc(N3CCc4sccc4C3)nc2)cc1. The van der Waals surface area contributed by atoms with Gasteiger partial charge in [0.25, 0.3) is 11.8 Å². The van der Waals surface area contributed by atoms with Gasteiger partial charge in [-0.2, -0.15) is 0 Å². The number of hydrogen-bond donors (Lipinski definition) is 2. The minimum absolute atomic E-state index is 0.0534. The van der Waals surface area contributed by atoms with Gasteiger partial charge in [-0.3, -0.25) is 9.59 Å². The summed E-state index contributed by atoms with van der Waals surface area (Å²) in [6, 6.07) is 12.7. The molecule has 7 nitrogen and oxygen atoms in total. The summed E-state index contributed by atoms with van der Waals surface area (Å²) in [5, 5.41) is 7.67. The second-order valence-electron chi connectivity index (χ2n) is 7.17. The van der Waals surface area contributed by atoms with Gasteiger partial charge in [-0.1, -0.05) is 0 Å². The molecule has 0 atom stereocenters. The van der Waals surface area contributed by atoms with E-state index in [0.29, 0.717) is 23.5 Å². The molecule has 2 amide bonds. The number of nitrogens with zero attached hydrogens (tertiary/aromatic N) is 2. The number of rotatable bonds is 7. The van der Waals surface area contributed by atoms with Gasteiger partial charge in [-0.25, -0.2) is 4.98 Å². The Morgan fingerprint density at radius 1 is 1.16 bits per heavy atom. The first-order chi connectivity index (χ1) is 15.1. The standard InChI is InChI=1S/C23H24N4O3S/c1-2-24-22(28)15-30-19-6-3-16(4-7-19)23(29)26-18-5-8-21(25-13-18)27-11-9-20-17(14-27)10-12-31-20/h3-8,10,12-13H,2,9,11,14-15H2,1H3,(H,24,28)(H,26,29). The molecule has 1 aliphatic rings. The number of aromatic nitrogens is 1. The zero-order valence-electron chi connectivity index (χ0n) is 17.3. The van der Waals surface area contributed by atoms with Crippen molar-refractivity contribution in [3.8, 4) is 5.75 Å². The Labute approximate surface area is 185 Å². The summed E-state index contributed by atoms with van der Waals surface area (Å²) >= 11 is 1.82. The van der Waals surface area contributed by atoms with E-state index in [9.17, 15) is 9.59 Å². The molecule has 0 spiro atoms. The second-order valence-corrected chi connectivity index (χ2v) is 8.17. The van der Waals surface area contributed by atoms with E-state index in [1.165, 1.54) is 10.4 Å². The number of nitrogens with one attached hydrogen (secondary N) is 2. The Kier molecular flexibility index (Phi) is 6.47. The van der Waals surface area contributed by atoms with Gasteiger partial charge >= 0.3 is 0 Å². The molecule has 3 heterocycles. The van der Waals surface area contributed by atoms with Crippen LogP contribution in [0, 0.1) is 0 Å². The number of benzene rings is 1. The minimum atomic E-state index is -0.231. The summed E-state index contributed by atoms with van der Waals surface area (Å²) in [5.41, 5.74) is 2.50. The summed E-state index contributed by atoms with van der Waals surface area (Å²) in [7, 11) is 0. The zero-order chi connectivity index (χ0) is 21.6. The highest BCUT2D eigenvalue weighted by Gasteiger charge is 2.18. The average Bonchev–Trinajstić information content (AvgIpc) is 3.27. The highest BCUT2D eigenvalue weighted by molar-refractivity contribution is 7.10. The molecule has 1 aliphatic heterocycles. The molecule has 8 heteroatoms. The molecule has 2 N–H and O–H groups in total. The molecule has 0 fully saturated rings. The van der Waals surface area contributed by atoms with Gasteiger partial charge < -0.3 is 20.3 Å². The van der Waals surface area contributed by atoms with Gasteiger partial charge in [-0.05, 0) is 66.8 Å². The molecule has 0 aliphatic carbocycles. The average molecular weight is 437 g/mol. The third kappa shape index (κ3) is 5.21. The third-order valence-corrected chi connectivity index (χ3v) is 6.02. The van der Waals surface area contributed by atoms with Crippen molar-refractivity contribution in [2.24, 2.45) is 0 Å². The van der Waals surface area contributed by atoms with Crippen LogP contribution in [0.5, 0.6) is 5.75 Å². The first kappa shape index (κ1) is 20.9. The van der Waals surface area contributed by atoms with Crippen molar-refractivity contribution in [1.29, 1.82) is 0 Å². The summed E-state index contributed by atoms with van der Waals surface area (Å²) in [6.07, 6.45) is 2.72. The van der Waals surface area contributed by atoms with Crippen LogP contribution >= 0.6 is 11.3 Å². The van der Waals surface area contributed by atoms with Gasteiger partial charge in [-0.15, -0.1) is 11.3 Å². The van der Waals surface area contributed by atoms with Gasteiger partial charge in [0.1, 0.15) is 11.6 Å². The predicted molar refractivity (Wildman–Crippen MR) is 122 cm³/mol. The highest BCUT2D eigenvalue weighted by atomic mass is 32.1. The number of amides is 2. The number of fused-ring (bicyclic) bond motifs is 1. The largest absolute Gasteiger partial charge is 0.484 e. The molecule has 160 valence electrons. The minimum Gasteiger partial charge on any atom is -0.484 e. The van der Waals surface area contributed by atoms with Crippen LogP contribution in [0.25, 0.3) is 0 Å². The van der Waals surface area contributed by atoms with Crippen molar-refractivity contribution >= 4 is 34.7 Å². The fourth-order valence-corrected chi connectivity index (χ4v) is 4.28. The monoisotopic (exact) mass is 436 g/mol. The molecular weight excluding hydrogens is 412 g/mol. The maximum Gasteiger partial charge on any atom is 0.257 e. The lowest BCUT2D eigenvalue weighted by molar-refractivity contribution is -0.122. The number of carbonyl (C=O) groups is 2. The van der Waals surface area contributed by atoms with E-state index >= 15 is 0 Å². The van der Waals surface area contributed by atoms with Crippen LogP contribution < -0.4 is 20.3 Å². The summed E-state index contributed by atoms with van der Waals surface area (Å²) in [5.74, 6) is 1.03. The maximum atomic E-state index is 12.5. The van der Waals surface area contributed by atoms with Crippen LogP contribution in [0.4, 0.5) is 11.5 Å². The lowest BCUT2D eigenvalue weighted by Gasteiger charge is -2.28. The Bertz CT molecular complexity index is 1050. The number of thiophene rings is 1. The quantitative estimate of drug-likeness (QED) is 0.593. The lowest BCUT2D eigenvalue weighted by atomic mass is 10.1. The molecular formula is C23H24N4O3S. The Balaban J connectivity index is 1.32. The Morgan fingerprint density at radius 2 is 2.00 bits per heavy atom. The highest BCUT2D eigenvalue weighted by Crippen LogP contribution is 2.27. The Hall–Kier alpha value is -3.39. The number of likely N-dealkylation sites (N-methyl/N-ethyl adjacent to an activating group) is 1. The fourth-order valence-electron chi connectivity index (χ4n) is 3.39. The topological polar surface area (TPSA) is 83.6 Å². The van der Waals surface area contributed by atoms with Crippen molar-refractivity contribution < 1.29 is 14.3 Å². The molecule has 0 radical (unpaired) electrons. The van der Waals surface area contributed by atoms with E-state index in [0.717, 1.165) is 25.3 Å². The van der Waals surface area contributed by atoms with Crippen LogP contribution in [0.3, 0.4) is 0 Å². The summed E-state index contributed by atoms with van der Waals surface area (Å²) in [4.78, 5) is 32.2. The Morgan fingerprint density at radius 3 is 2.74 bits per heavy atom. The van der Waals surface area contributed by atoms with Crippen LogP contribution in [-0.2, 0) is 17.8 Å². The van der Waals surface area contributed by atoms with Crippen LogP contribution in [-0.4, -0.2) is 36.5 Å². The molecule has 0 saturated heterocycles. The molecule has 3 aromatic rings. The number of anilines is 2. The predicted octanol–water partition coefficient (Wildman–Crippen LogP) is 3.47. The van der Waals surface area contributed by atoms with Crippen LogP contribution in [0.2, 0.25) is 0 Å². The first-order valence-corrected chi connectivity index (χ1v) is 11.1. The van der Waals surface area contributed by atoms with Crippen molar-refractivity contribution in [2.45, 2.75) is 19.9 Å². The maximum absolute atomic E-state index is 12.5.